The summed E-state index contributed by atoms with van der Waals surface area (Å²) in [6.45, 7) is 0. The molecule has 2 aromatic rings. The normalized spacial score (nSPS) is 10.9. The van der Waals surface area contributed by atoms with Gasteiger partial charge in [0.25, 0.3) is 5.91 Å². The fourth-order valence-corrected chi connectivity index (χ4v) is 2.93. The standard InChI is InChI=1S/C16H10Br2N2O2/c17-13-7-10(8-14(18)15(13)21)6-11(9-19)16(22)20-12-4-2-1-3-5-12/h1-8,21H,(H,20,22)/b11-6-. The van der Waals surface area contributed by atoms with Crippen molar-refractivity contribution < 1.29 is 9.90 Å². The molecule has 0 aliphatic rings. The van der Waals surface area contributed by atoms with Crippen LogP contribution in [0.4, 0.5) is 5.69 Å². The molecule has 0 aliphatic heterocycles. The maximum atomic E-state index is 12.1. The molecule has 4 nitrogen and oxygen atoms in total. The Hall–Kier alpha value is -2.10. The van der Waals surface area contributed by atoms with E-state index in [-0.39, 0.29) is 11.3 Å². The van der Waals surface area contributed by atoms with Crippen LogP contribution in [-0.2, 0) is 4.79 Å². The first-order chi connectivity index (χ1) is 10.5. The Morgan fingerprint density at radius 2 is 1.77 bits per heavy atom. The lowest BCUT2D eigenvalue weighted by Gasteiger charge is -2.05. The third-order valence-electron chi connectivity index (χ3n) is 2.75. The van der Waals surface area contributed by atoms with Crippen LogP contribution in [0.1, 0.15) is 5.56 Å². The van der Waals surface area contributed by atoms with Crippen LogP contribution in [0.2, 0.25) is 0 Å². The Morgan fingerprint density at radius 1 is 1.18 bits per heavy atom. The molecule has 22 heavy (non-hydrogen) atoms. The zero-order valence-electron chi connectivity index (χ0n) is 11.2. The zero-order valence-corrected chi connectivity index (χ0v) is 14.3. The van der Waals surface area contributed by atoms with Gasteiger partial charge in [-0.2, -0.15) is 5.26 Å². The summed E-state index contributed by atoms with van der Waals surface area (Å²) in [4.78, 5) is 12.1. The number of carbonyl (C=O) groups excluding carboxylic acids is 1. The van der Waals surface area contributed by atoms with E-state index in [9.17, 15) is 15.2 Å². The number of nitrogens with one attached hydrogen (secondary N) is 1. The number of halogens is 2. The molecule has 0 saturated carbocycles. The van der Waals surface area contributed by atoms with Crippen molar-refractivity contribution in [2.24, 2.45) is 0 Å². The van der Waals surface area contributed by atoms with Crippen molar-refractivity contribution in [3.8, 4) is 11.8 Å². The van der Waals surface area contributed by atoms with Crippen LogP contribution in [0.3, 0.4) is 0 Å². The molecule has 0 atom stereocenters. The summed E-state index contributed by atoms with van der Waals surface area (Å²) in [5.74, 6) is -0.432. The minimum atomic E-state index is -0.492. The van der Waals surface area contributed by atoms with Gasteiger partial charge in [-0.25, -0.2) is 0 Å². The predicted octanol–water partition coefficient (Wildman–Crippen LogP) is 4.46. The highest BCUT2D eigenvalue weighted by molar-refractivity contribution is 9.11. The fraction of sp³-hybridized carbons (Fsp3) is 0. The van der Waals surface area contributed by atoms with Gasteiger partial charge >= 0.3 is 0 Å². The van der Waals surface area contributed by atoms with Crippen LogP contribution in [-0.4, -0.2) is 11.0 Å². The second kappa shape index (κ2) is 7.25. The third-order valence-corrected chi connectivity index (χ3v) is 3.96. The summed E-state index contributed by atoms with van der Waals surface area (Å²) in [6, 6.07) is 14.0. The Labute approximate surface area is 144 Å². The number of phenolic OH excluding ortho intramolecular Hbond substituents is 1. The van der Waals surface area contributed by atoms with Crippen LogP contribution >= 0.6 is 31.9 Å². The molecule has 0 radical (unpaired) electrons. The summed E-state index contributed by atoms with van der Waals surface area (Å²) in [6.07, 6.45) is 1.45. The van der Waals surface area contributed by atoms with E-state index >= 15 is 0 Å². The number of nitrogens with zero attached hydrogens (tertiary/aromatic N) is 1. The number of hydrogen-bond donors (Lipinski definition) is 2. The van der Waals surface area contributed by atoms with Crippen molar-refractivity contribution in [1.82, 2.24) is 0 Å². The highest BCUT2D eigenvalue weighted by Gasteiger charge is 2.11. The molecule has 0 spiro atoms. The van der Waals surface area contributed by atoms with E-state index in [4.69, 9.17) is 0 Å². The number of phenols is 1. The van der Waals surface area contributed by atoms with E-state index in [2.05, 4.69) is 37.2 Å². The van der Waals surface area contributed by atoms with Gasteiger partial charge in [-0.3, -0.25) is 4.79 Å². The van der Waals surface area contributed by atoms with Gasteiger partial charge in [-0.15, -0.1) is 0 Å². The number of nitriles is 1. The maximum absolute atomic E-state index is 12.1. The first-order valence-electron chi connectivity index (χ1n) is 6.17. The number of anilines is 1. The van der Waals surface area contributed by atoms with Crippen molar-refractivity contribution in [2.45, 2.75) is 0 Å². The molecular formula is C16H10Br2N2O2. The molecule has 1 amide bonds. The average molecular weight is 422 g/mol. The van der Waals surface area contributed by atoms with Crippen LogP contribution in [0, 0.1) is 11.3 Å². The molecular weight excluding hydrogens is 412 g/mol. The van der Waals surface area contributed by atoms with Gasteiger partial charge in [0, 0.05) is 5.69 Å². The number of hydrogen-bond acceptors (Lipinski definition) is 3. The van der Waals surface area contributed by atoms with Gasteiger partial charge in [0.2, 0.25) is 0 Å². The summed E-state index contributed by atoms with van der Waals surface area (Å²) in [5, 5.41) is 21.5. The first-order valence-corrected chi connectivity index (χ1v) is 7.76. The van der Waals surface area contributed by atoms with Gasteiger partial charge in [-0.1, -0.05) is 18.2 Å². The van der Waals surface area contributed by atoms with E-state index in [0.29, 0.717) is 20.2 Å². The minimum absolute atomic E-state index is 0.0339. The third kappa shape index (κ3) is 3.97. The number of aromatic hydroxyl groups is 1. The van der Waals surface area contributed by atoms with E-state index < -0.39 is 5.91 Å². The van der Waals surface area contributed by atoms with Gasteiger partial charge in [0.05, 0.1) is 8.95 Å². The lowest BCUT2D eigenvalue weighted by Crippen LogP contribution is -2.13. The van der Waals surface area contributed by atoms with E-state index in [1.54, 1.807) is 36.4 Å². The molecule has 6 heteroatoms. The summed E-state index contributed by atoms with van der Waals surface area (Å²) in [5.41, 5.74) is 1.19. The Morgan fingerprint density at radius 3 is 2.32 bits per heavy atom. The maximum Gasteiger partial charge on any atom is 0.266 e. The molecule has 2 aromatic carbocycles. The van der Waals surface area contributed by atoms with Gasteiger partial charge < -0.3 is 10.4 Å². The topological polar surface area (TPSA) is 73.1 Å². The highest BCUT2D eigenvalue weighted by Crippen LogP contribution is 2.34. The summed E-state index contributed by atoms with van der Waals surface area (Å²) in [7, 11) is 0. The van der Waals surface area contributed by atoms with Crippen molar-refractivity contribution >= 4 is 49.5 Å². The highest BCUT2D eigenvalue weighted by atomic mass is 79.9. The van der Waals surface area contributed by atoms with Crippen molar-refractivity contribution in [2.75, 3.05) is 5.32 Å². The van der Waals surface area contributed by atoms with Gasteiger partial charge in [-0.05, 0) is 67.8 Å². The number of amides is 1. The van der Waals surface area contributed by atoms with Gasteiger partial charge in [0.15, 0.2) is 0 Å². The second-order valence-electron chi connectivity index (χ2n) is 4.32. The van der Waals surface area contributed by atoms with E-state index in [1.807, 2.05) is 12.1 Å². The Kier molecular flexibility index (Phi) is 5.36. The lowest BCUT2D eigenvalue weighted by molar-refractivity contribution is -0.112. The molecule has 110 valence electrons. The zero-order chi connectivity index (χ0) is 16.1. The fourth-order valence-electron chi connectivity index (χ4n) is 1.70. The van der Waals surface area contributed by atoms with Crippen LogP contribution in [0.5, 0.6) is 5.75 Å². The second-order valence-corrected chi connectivity index (χ2v) is 6.03. The number of benzene rings is 2. The average Bonchev–Trinajstić information content (AvgIpc) is 2.51. The molecule has 0 aromatic heterocycles. The Bertz CT molecular complexity index is 757. The number of carbonyl (C=O) groups is 1. The monoisotopic (exact) mass is 420 g/mol. The van der Waals surface area contributed by atoms with Crippen molar-refractivity contribution in [3.05, 3.63) is 62.5 Å². The molecule has 2 N–H and O–H groups in total. The Balaban J connectivity index is 2.28. The van der Waals surface area contributed by atoms with Gasteiger partial charge in [0.1, 0.15) is 17.4 Å². The van der Waals surface area contributed by atoms with E-state index in [0.717, 1.165) is 0 Å². The summed E-state index contributed by atoms with van der Waals surface area (Å²) >= 11 is 6.41. The number of para-hydroxylation sites is 1. The number of rotatable bonds is 3. The van der Waals surface area contributed by atoms with Crippen LogP contribution in [0.25, 0.3) is 6.08 Å². The van der Waals surface area contributed by atoms with Crippen LogP contribution < -0.4 is 5.32 Å². The molecule has 0 unspecified atom stereocenters. The van der Waals surface area contributed by atoms with Crippen molar-refractivity contribution in [3.63, 3.8) is 0 Å². The quantitative estimate of drug-likeness (QED) is 0.567. The van der Waals surface area contributed by atoms with Crippen LogP contribution in [0.15, 0.2) is 57.0 Å². The molecule has 0 heterocycles. The molecule has 2 rings (SSSR count). The molecule has 0 saturated heterocycles. The molecule has 0 aliphatic carbocycles. The van der Waals surface area contributed by atoms with Crippen molar-refractivity contribution in [1.29, 1.82) is 5.26 Å². The molecule has 0 bridgehead atoms. The molecule has 0 fully saturated rings. The van der Waals surface area contributed by atoms with E-state index in [1.165, 1.54) is 6.08 Å². The summed E-state index contributed by atoms with van der Waals surface area (Å²) < 4.78 is 0.933. The first kappa shape index (κ1) is 16.3. The predicted molar refractivity (Wildman–Crippen MR) is 92.2 cm³/mol. The SMILES string of the molecule is N#C/C(=C/c1cc(Br)c(O)c(Br)c1)C(=O)Nc1ccccc1. The smallest absolute Gasteiger partial charge is 0.266 e. The lowest BCUT2D eigenvalue weighted by atomic mass is 10.1. The largest absolute Gasteiger partial charge is 0.506 e. The minimum Gasteiger partial charge on any atom is -0.506 e.